The molecule has 8 nitrogen and oxygen atoms in total. The smallest absolute Gasteiger partial charge is 0.413 e. The summed E-state index contributed by atoms with van der Waals surface area (Å²) in [6.45, 7) is 16.7. The van der Waals surface area contributed by atoms with E-state index in [2.05, 4.69) is 10.2 Å². The Morgan fingerprint density at radius 3 is 2.49 bits per heavy atom. The molecule has 1 aliphatic rings. The van der Waals surface area contributed by atoms with E-state index in [0.29, 0.717) is 15.6 Å². The highest BCUT2D eigenvalue weighted by Crippen LogP contribution is 2.39. The number of carbonyl (C=O) groups excluding carboxylic acids is 1. The summed E-state index contributed by atoms with van der Waals surface area (Å²) in [5.41, 5.74) is 0.657. The van der Waals surface area contributed by atoms with E-state index in [-0.39, 0.29) is 29.6 Å². The van der Waals surface area contributed by atoms with Gasteiger partial charge in [0.05, 0.1) is 23.3 Å². The average molecular weight is 606 g/mol. The molecule has 2 heterocycles. The van der Waals surface area contributed by atoms with Gasteiger partial charge in [0, 0.05) is 17.2 Å². The second-order valence-electron chi connectivity index (χ2n) is 11.8. The fourth-order valence-corrected chi connectivity index (χ4v) is 5.84. The lowest BCUT2D eigenvalue weighted by Crippen LogP contribution is -2.52. The molecule has 0 saturated carbocycles. The first kappa shape index (κ1) is 31.0. The average Bonchev–Trinajstić information content (AvgIpc) is 3.41. The summed E-state index contributed by atoms with van der Waals surface area (Å²) < 4.78 is 38.5. The Hall–Kier alpha value is -2.95. The molecule has 2 unspecified atom stereocenters. The molecule has 0 radical (unpaired) electrons. The number of nitrogens with zero attached hydrogens (tertiary/aromatic N) is 3. The summed E-state index contributed by atoms with van der Waals surface area (Å²) in [6.07, 6.45) is -0.828. The van der Waals surface area contributed by atoms with Crippen LogP contribution < -0.4 is 9.47 Å². The number of hydrogen-bond acceptors (Lipinski definition) is 8. The zero-order chi connectivity index (χ0) is 30.3. The topological polar surface area (TPSA) is 83.0 Å². The lowest BCUT2D eigenvalue weighted by molar-refractivity contribution is -0.0760. The predicted molar refractivity (Wildman–Crippen MR) is 158 cm³/mol. The number of aromatic nitrogens is 2. The van der Waals surface area contributed by atoms with E-state index in [1.165, 1.54) is 28.4 Å². The van der Waals surface area contributed by atoms with Crippen molar-refractivity contribution in [2.24, 2.45) is 0 Å². The van der Waals surface area contributed by atoms with E-state index in [0.717, 1.165) is 16.9 Å². The SMILES string of the molecule is Cc1cc(-c2nnc(-c3cc(F)c(OCC4C(C)OC(C)(C)N4C(=O)OC(C)(C)C)cc3Cl)s2)ccc1OC(C)C. The van der Waals surface area contributed by atoms with E-state index in [9.17, 15) is 4.79 Å². The molecule has 1 aliphatic heterocycles. The van der Waals surface area contributed by atoms with Gasteiger partial charge in [-0.05, 0) is 92.1 Å². The number of ether oxygens (including phenoxy) is 4. The van der Waals surface area contributed by atoms with Gasteiger partial charge in [0.15, 0.2) is 11.6 Å². The van der Waals surface area contributed by atoms with Gasteiger partial charge in [0.2, 0.25) is 0 Å². The van der Waals surface area contributed by atoms with Gasteiger partial charge in [-0.2, -0.15) is 0 Å². The summed E-state index contributed by atoms with van der Waals surface area (Å²) in [5.74, 6) is 0.160. The van der Waals surface area contributed by atoms with E-state index in [1.54, 1.807) is 34.6 Å². The molecule has 0 spiro atoms. The number of rotatable bonds is 7. The van der Waals surface area contributed by atoms with Crippen molar-refractivity contribution in [3.05, 3.63) is 46.7 Å². The molecule has 4 rings (SSSR count). The maximum absolute atomic E-state index is 15.3. The first-order valence-electron chi connectivity index (χ1n) is 13.5. The van der Waals surface area contributed by atoms with Gasteiger partial charge in [0.25, 0.3) is 0 Å². The fourth-order valence-electron chi connectivity index (χ4n) is 4.67. The summed E-state index contributed by atoms with van der Waals surface area (Å²) >= 11 is 7.88. The minimum absolute atomic E-state index is 0.0186. The minimum Gasteiger partial charge on any atom is -0.491 e. The summed E-state index contributed by atoms with van der Waals surface area (Å²) in [4.78, 5) is 14.5. The first-order chi connectivity index (χ1) is 19.1. The number of halogens is 2. The quantitative estimate of drug-likeness (QED) is 0.271. The lowest BCUT2D eigenvalue weighted by atomic mass is 10.1. The second-order valence-corrected chi connectivity index (χ2v) is 13.2. The molecule has 2 atom stereocenters. The molecule has 1 aromatic heterocycles. The first-order valence-corrected chi connectivity index (χ1v) is 14.7. The number of carbonyl (C=O) groups is 1. The fraction of sp³-hybridized carbons (Fsp3) is 0.500. The number of amides is 1. The molecule has 1 fully saturated rings. The van der Waals surface area contributed by atoms with Crippen LogP contribution in [-0.2, 0) is 9.47 Å². The monoisotopic (exact) mass is 605 g/mol. The van der Waals surface area contributed by atoms with Crippen molar-refractivity contribution in [1.29, 1.82) is 0 Å². The summed E-state index contributed by atoms with van der Waals surface area (Å²) in [7, 11) is 0. The Balaban J connectivity index is 1.51. The Morgan fingerprint density at radius 2 is 1.85 bits per heavy atom. The van der Waals surface area contributed by atoms with Crippen LogP contribution in [0.15, 0.2) is 30.3 Å². The molecule has 1 saturated heterocycles. The van der Waals surface area contributed by atoms with Crippen molar-refractivity contribution in [2.45, 2.75) is 91.9 Å². The molecule has 3 aromatic rings. The molecule has 0 N–H and O–H groups in total. The van der Waals surface area contributed by atoms with Crippen molar-refractivity contribution in [3.63, 3.8) is 0 Å². The zero-order valence-electron chi connectivity index (χ0n) is 24.9. The van der Waals surface area contributed by atoms with Crippen molar-refractivity contribution in [3.8, 4) is 32.6 Å². The molecule has 0 bridgehead atoms. The van der Waals surface area contributed by atoms with Gasteiger partial charge in [-0.25, -0.2) is 9.18 Å². The third kappa shape index (κ3) is 7.10. The second kappa shape index (κ2) is 11.7. The highest BCUT2D eigenvalue weighted by Gasteiger charge is 2.50. The third-order valence-electron chi connectivity index (χ3n) is 6.39. The summed E-state index contributed by atoms with van der Waals surface area (Å²) in [5, 5.41) is 9.98. The highest BCUT2D eigenvalue weighted by molar-refractivity contribution is 7.18. The molecule has 2 aromatic carbocycles. The van der Waals surface area contributed by atoms with Crippen LogP contribution in [0.2, 0.25) is 5.02 Å². The van der Waals surface area contributed by atoms with Crippen LogP contribution in [0.4, 0.5) is 9.18 Å². The van der Waals surface area contributed by atoms with Gasteiger partial charge in [-0.1, -0.05) is 22.9 Å². The number of aryl methyl sites for hydroxylation is 1. The molecule has 0 aliphatic carbocycles. The van der Waals surface area contributed by atoms with Crippen LogP contribution in [-0.4, -0.2) is 57.4 Å². The molecule has 41 heavy (non-hydrogen) atoms. The van der Waals surface area contributed by atoms with Gasteiger partial charge in [0.1, 0.15) is 33.7 Å². The highest BCUT2D eigenvalue weighted by atomic mass is 35.5. The molecule has 11 heteroatoms. The Labute approximate surface area is 249 Å². The van der Waals surface area contributed by atoms with Crippen LogP contribution in [0.3, 0.4) is 0 Å². The van der Waals surface area contributed by atoms with Gasteiger partial charge in [-0.3, -0.25) is 4.90 Å². The van der Waals surface area contributed by atoms with Crippen molar-refractivity contribution >= 4 is 29.0 Å². The van der Waals surface area contributed by atoms with E-state index < -0.39 is 29.3 Å². The van der Waals surface area contributed by atoms with Crippen LogP contribution in [0, 0.1) is 12.7 Å². The van der Waals surface area contributed by atoms with Crippen LogP contribution in [0.1, 0.15) is 61.0 Å². The number of benzene rings is 2. The van der Waals surface area contributed by atoms with E-state index >= 15 is 4.39 Å². The van der Waals surface area contributed by atoms with Crippen LogP contribution in [0.25, 0.3) is 21.1 Å². The Morgan fingerprint density at radius 1 is 1.17 bits per heavy atom. The van der Waals surface area contributed by atoms with Crippen LogP contribution in [0.5, 0.6) is 11.5 Å². The van der Waals surface area contributed by atoms with Crippen molar-refractivity contribution in [2.75, 3.05) is 6.61 Å². The minimum atomic E-state index is -0.925. The van der Waals surface area contributed by atoms with Gasteiger partial charge < -0.3 is 18.9 Å². The van der Waals surface area contributed by atoms with E-state index in [4.69, 9.17) is 30.5 Å². The van der Waals surface area contributed by atoms with Gasteiger partial charge in [-0.15, -0.1) is 10.2 Å². The van der Waals surface area contributed by atoms with Gasteiger partial charge >= 0.3 is 6.09 Å². The Bertz CT molecular complexity index is 1420. The molecule has 222 valence electrons. The maximum atomic E-state index is 15.3. The normalized spacial score (nSPS) is 18.6. The molecular weight excluding hydrogens is 569 g/mol. The lowest BCUT2D eigenvalue weighted by Gasteiger charge is -2.35. The number of hydrogen-bond donors (Lipinski definition) is 0. The zero-order valence-corrected chi connectivity index (χ0v) is 26.4. The largest absolute Gasteiger partial charge is 0.491 e. The van der Waals surface area contributed by atoms with E-state index in [1.807, 2.05) is 45.9 Å². The molecular formula is C30H37ClFN3O5S. The van der Waals surface area contributed by atoms with Crippen LogP contribution >= 0.6 is 22.9 Å². The maximum Gasteiger partial charge on any atom is 0.413 e. The predicted octanol–water partition coefficient (Wildman–Crippen LogP) is 7.90. The van der Waals surface area contributed by atoms with Crippen molar-refractivity contribution < 1.29 is 28.1 Å². The molecule has 1 amide bonds. The summed E-state index contributed by atoms with van der Waals surface area (Å²) in [6, 6.07) is 8.01. The Kier molecular flexibility index (Phi) is 8.87. The standard InChI is InChI=1S/C30H37ClFN3O5S/c1-16(2)38-24-11-10-19(12-17(24)3)26-33-34-27(41-26)20-13-22(32)25(14-21(20)31)37-15-23-18(4)39-30(8,9)35(23)28(36)40-29(5,6)7/h10-14,16,18,23H,15H2,1-9H3. The third-order valence-corrected chi connectivity index (χ3v) is 7.71. The van der Waals surface area contributed by atoms with Crippen molar-refractivity contribution in [1.82, 2.24) is 15.1 Å².